The Bertz CT molecular complexity index is 640. The summed E-state index contributed by atoms with van der Waals surface area (Å²) in [6.07, 6.45) is 0. The van der Waals surface area contributed by atoms with Gasteiger partial charge in [0.1, 0.15) is 17.3 Å². The lowest BCUT2D eigenvalue weighted by Gasteiger charge is -2.15. The molecule has 1 heterocycles. The molecule has 0 saturated heterocycles. The largest absolute Gasteiger partial charge is 0.464 e. The molecule has 3 N–H and O–H groups in total. The van der Waals surface area contributed by atoms with Crippen molar-refractivity contribution in [3.8, 4) is 0 Å². The fraction of sp³-hybridized carbons (Fsp3) is 0.267. The Hall–Kier alpha value is -2.18. The molecule has 0 fully saturated rings. The first-order chi connectivity index (χ1) is 10.0. The fourth-order valence-electron chi connectivity index (χ4n) is 2.16. The van der Waals surface area contributed by atoms with Crippen LogP contribution in [0, 0.1) is 12.7 Å². The van der Waals surface area contributed by atoms with E-state index in [0.717, 1.165) is 0 Å². The number of carbonyl (C=O) groups is 1. The van der Waals surface area contributed by atoms with Crippen LogP contribution in [0.5, 0.6) is 0 Å². The lowest BCUT2D eigenvalue weighted by molar-refractivity contribution is 0.0952. The molecular formula is C15H18FN3O2. The number of hydrogen-bond acceptors (Lipinski definition) is 4. The molecule has 0 radical (unpaired) electrons. The Balaban J connectivity index is 2.05. The SMILES string of the molecule is Cc1oc(CN(C)Cc2ccccc2F)cc1C(=O)NN. The highest BCUT2D eigenvalue weighted by molar-refractivity contribution is 5.94. The Morgan fingerprint density at radius 2 is 2.10 bits per heavy atom. The molecule has 2 aromatic rings. The van der Waals surface area contributed by atoms with Gasteiger partial charge in [-0.2, -0.15) is 0 Å². The van der Waals surface area contributed by atoms with Crippen LogP contribution in [0.2, 0.25) is 0 Å². The van der Waals surface area contributed by atoms with Crippen LogP contribution in [0.3, 0.4) is 0 Å². The molecule has 0 aliphatic carbocycles. The topological polar surface area (TPSA) is 71.5 Å². The third-order valence-electron chi connectivity index (χ3n) is 3.17. The van der Waals surface area contributed by atoms with Crippen molar-refractivity contribution in [2.24, 2.45) is 5.84 Å². The van der Waals surface area contributed by atoms with E-state index in [-0.39, 0.29) is 11.7 Å². The summed E-state index contributed by atoms with van der Waals surface area (Å²) in [6.45, 7) is 2.61. The average Bonchev–Trinajstić information content (AvgIpc) is 2.81. The number of nitrogens with one attached hydrogen (secondary N) is 1. The second-order valence-corrected chi connectivity index (χ2v) is 4.92. The van der Waals surface area contributed by atoms with E-state index in [1.807, 2.05) is 11.9 Å². The molecule has 6 heteroatoms. The van der Waals surface area contributed by atoms with Gasteiger partial charge in [-0.3, -0.25) is 15.1 Å². The molecular weight excluding hydrogens is 273 g/mol. The summed E-state index contributed by atoms with van der Waals surface area (Å²) in [5.74, 6) is 5.62. The maximum Gasteiger partial charge on any atom is 0.268 e. The maximum atomic E-state index is 13.6. The van der Waals surface area contributed by atoms with E-state index in [4.69, 9.17) is 10.3 Å². The van der Waals surface area contributed by atoms with E-state index >= 15 is 0 Å². The lowest BCUT2D eigenvalue weighted by Crippen LogP contribution is -2.30. The predicted octanol–water partition coefficient (Wildman–Crippen LogP) is 1.96. The van der Waals surface area contributed by atoms with E-state index in [1.54, 1.807) is 31.2 Å². The van der Waals surface area contributed by atoms with Gasteiger partial charge in [0.05, 0.1) is 12.1 Å². The molecule has 0 unspecified atom stereocenters. The summed E-state index contributed by atoms with van der Waals surface area (Å²) in [5.41, 5.74) is 3.10. The van der Waals surface area contributed by atoms with Crippen molar-refractivity contribution in [3.05, 3.63) is 58.8 Å². The third-order valence-corrected chi connectivity index (χ3v) is 3.17. The molecule has 1 aromatic carbocycles. The van der Waals surface area contributed by atoms with E-state index in [9.17, 15) is 9.18 Å². The van der Waals surface area contributed by atoms with Gasteiger partial charge in [-0.15, -0.1) is 0 Å². The molecule has 112 valence electrons. The molecule has 0 spiro atoms. The van der Waals surface area contributed by atoms with Crippen LogP contribution in [-0.2, 0) is 13.1 Å². The summed E-state index contributed by atoms with van der Waals surface area (Å²) < 4.78 is 19.1. The van der Waals surface area contributed by atoms with Gasteiger partial charge in [-0.05, 0) is 26.1 Å². The summed E-state index contributed by atoms with van der Waals surface area (Å²) in [7, 11) is 1.85. The van der Waals surface area contributed by atoms with E-state index < -0.39 is 0 Å². The predicted molar refractivity (Wildman–Crippen MR) is 76.7 cm³/mol. The molecule has 1 amide bonds. The van der Waals surface area contributed by atoms with Gasteiger partial charge in [-0.25, -0.2) is 10.2 Å². The number of nitrogens with zero attached hydrogens (tertiary/aromatic N) is 1. The van der Waals surface area contributed by atoms with Crippen molar-refractivity contribution in [2.75, 3.05) is 7.05 Å². The second kappa shape index (κ2) is 6.51. The van der Waals surface area contributed by atoms with E-state index in [2.05, 4.69) is 5.43 Å². The van der Waals surface area contributed by atoms with Gasteiger partial charge in [0.25, 0.3) is 5.91 Å². The maximum absolute atomic E-state index is 13.6. The Morgan fingerprint density at radius 1 is 1.38 bits per heavy atom. The second-order valence-electron chi connectivity index (χ2n) is 4.92. The number of furan rings is 1. The molecule has 2 rings (SSSR count). The summed E-state index contributed by atoms with van der Waals surface area (Å²) in [6, 6.07) is 8.28. The van der Waals surface area contributed by atoms with Crippen LogP contribution in [0.25, 0.3) is 0 Å². The molecule has 0 saturated carbocycles. The number of amides is 1. The van der Waals surface area contributed by atoms with Gasteiger partial charge >= 0.3 is 0 Å². The minimum atomic E-state index is -0.390. The van der Waals surface area contributed by atoms with Crippen LogP contribution < -0.4 is 11.3 Å². The first kappa shape index (κ1) is 15.2. The molecule has 0 aliphatic rings. The highest BCUT2D eigenvalue weighted by Gasteiger charge is 2.15. The van der Waals surface area contributed by atoms with Crippen molar-refractivity contribution in [3.63, 3.8) is 0 Å². The van der Waals surface area contributed by atoms with Crippen LogP contribution in [-0.4, -0.2) is 17.9 Å². The molecule has 0 aliphatic heterocycles. The third kappa shape index (κ3) is 3.68. The van der Waals surface area contributed by atoms with Gasteiger partial charge in [-0.1, -0.05) is 18.2 Å². The number of rotatable bonds is 5. The van der Waals surface area contributed by atoms with Crippen molar-refractivity contribution in [1.29, 1.82) is 0 Å². The lowest BCUT2D eigenvalue weighted by atomic mass is 10.2. The van der Waals surface area contributed by atoms with Crippen molar-refractivity contribution in [2.45, 2.75) is 20.0 Å². The monoisotopic (exact) mass is 291 g/mol. The molecule has 21 heavy (non-hydrogen) atoms. The van der Waals surface area contributed by atoms with Gasteiger partial charge < -0.3 is 4.42 Å². The van der Waals surface area contributed by atoms with Gasteiger partial charge in [0, 0.05) is 12.1 Å². The van der Waals surface area contributed by atoms with E-state index in [1.165, 1.54) is 6.07 Å². The minimum Gasteiger partial charge on any atom is -0.464 e. The van der Waals surface area contributed by atoms with Crippen LogP contribution >= 0.6 is 0 Å². The highest BCUT2D eigenvalue weighted by atomic mass is 19.1. The average molecular weight is 291 g/mol. The Morgan fingerprint density at radius 3 is 2.76 bits per heavy atom. The number of hydrogen-bond donors (Lipinski definition) is 2. The number of carbonyl (C=O) groups excluding carboxylic acids is 1. The quantitative estimate of drug-likeness (QED) is 0.502. The number of hydrazine groups is 1. The van der Waals surface area contributed by atoms with Crippen LogP contribution in [0.4, 0.5) is 4.39 Å². The molecule has 0 atom stereocenters. The summed E-state index contributed by atoms with van der Waals surface area (Å²) in [5, 5.41) is 0. The first-order valence-electron chi connectivity index (χ1n) is 6.53. The van der Waals surface area contributed by atoms with Crippen LogP contribution in [0.15, 0.2) is 34.7 Å². The summed E-state index contributed by atoms with van der Waals surface area (Å²) in [4.78, 5) is 13.4. The molecule has 5 nitrogen and oxygen atoms in total. The Kier molecular flexibility index (Phi) is 4.72. The molecule has 0 bridgehead atoms. The first-order valence-corrected chi connectivity index (χ1v) is 6.53. The summed E-state index contributed by atoms with van der Waals surface area (Å²) >= 11 is 0. The molecule has 1 aromatic heterocycles. The van der Waals surface area contributed by atoms with Crippen LogP contribution in [0.1, 0.15) is 27.4 Å². The zero-order valence-electron chi connectivity index (χ0n) is 12.0. The van der Waals surface area contributed by atoms with Crippen molar-refractivity contribution >= 4 is 5.91 Å². The number of benzene rings is 1. The highest BCUT2D eigenvalue weighted by Crippen LogP contribution is 2.17. The Labute approximate surface area is 122 Å². The number of nitrogen functional groups attached to an aromatic ring is 1. The van der Waals surface area contributed by atoms with Gasteiger partial charge in [0.15, 0.2) is 0 Å². The fourth-order valence-corrected chi connectivity index (χ4v) is 2.16. The number of aryl methyl sites for hydroxylation is 1. The van der Waals surface area contributed by atoms with Crippen molar-refractivity contribution in [1.82, 2.24) is 10.3 Å². The smallest absolute Gasteiger partial charge is 0.268 e. The van der Waals surface area contributed by atoms with Gasteiger partial charge in [0.2, 0.25) is 0 Å². The normalized spacial score (nSPS) is 10.9. The van der Waals surface area contributed by atoms with Crippen molar-refractivity contribution < 1.29 is 13.6 Å². The number of halogens is 1. The zero-order valence-corrected chi connectivity index (χ0v) is 12.0. The van der Waals surface area contributed by atoms with E-state index in [0.29, 0.717) is 35.7 Å². The standard InChI is InChI=1S/C15H18FN3O2/c1-10-13(15(20)18-17)7-12(21-10)9-19(2)8-11-5-3-4-6-14(11)16/h3-7H,8-9,17H2,1-2H3,(H,18,20). The minimum absolute atomic E-state index is 0.233. The zero-order chi connectivity index (χ0) is 15.4. The number of nitrogens with two attached hydrogens (primary N) is 1.